The van der Waals surface area contributed by atoms with Gasteiger partial charge in [-0.1, -0.05) is 23.9 Å². The Bertz CT molecular complexity index is 1210. The molecule has 0 saturated carbocycles. The van der Waals surface area contributed by atoms with Gasteiger partial charge in [0.25, 0.3) is 11.8 Å². The molecule has 1 saturated heterocycles. The first kappa shape index (κ1) is 25.5. The van der Waals surface area contributed by atoms with E-state index in [1.54, 1.807) is 19.1 Å². The molecule has 14 nitrogen and oxygen atoms in total. The van der Waals surface area contributed by atoms with Gasteiger partial charge in [-0.2, -0.15) is 5.21 Å². The first-order valence-electron chi connectivity index (χ1n) is 10.6. The highest BCUT2D eigenvalue weighted by Crippen LogP contribution is 2.43. The van der Waals surface area contributed by atoms with E-state index in [4.69, 9.17) is 16.2 Å². The molecule has 1 aromatic heterocycles. The lowest BCUT2D eigenvalue weighted by Gasteiger charge is -2.50. The number of β-lactam (4-membered cyclic amide) rings is 1. The van der Waals surface area contributed by atoms with E-state index in [1.165, 1.54) is 40.6 Å². The normalized spacial score (nSPS) is 20.7. The lowest BCUT2D eigenvalue weighted by Crippen LogP contribution is -2.71. The fourth-order valence-corrected chi connectivity index (χ4v) is 6.12. The summed E-state index contributed by atoms with van der Waals surface area (Å²) < 4.78 is 5.18. The summed E-state index contributed by atoms with van der Waals surface area (Å²) in [4.78, 5) is 49.8. The van der Waals surface area contributed by atoms with E-state index in [1.807, 2.05) is 0 Å². The Balaban J connectivity index is 1.42. The number of H-pyrrole nitrogens is 1. The van der Waals surface area contributed by atoms with Crippen LogP contribution in [-0.2, 0) is 19.2 Å². The van der Waals surface area contributed by atoms with Gasteiger partial charge >= 0.3 is 5.97 Å². The minimum absolute atomic E-state index is 0.103. The SMILES string of the molecule is CC(Sc1nn[nH]n1)C1=C(C(=O)O)N2C(=O)C(NC(=O)C(N)c3ccc(OCC(N)=O)cc3)[C@@H]2SC1. The number of primary amides is 1. The number of aliphatic carboxylic acids is 1. The van der Waals surface area contributed by atoms with E-state index in [0.29, 0.717) is 27.8 Å². The van der Waals surface area contributed by atoms with Crippen molar-refractivity contribution in [3.8, 4) is 5.75 Å². The number of carboxylic acids is 1. The van der Waals surface area contributed by atoms with E-state index < -0.39 is 41.1 Å². The number of carbonyl (C=O) groups is 4. The number of nitrogens with two attached hydrogens (primary N) is 2. The minimum atomic E-state index is -1.23. The van der Waals surface area contributed by atoms with Gasteiger partial charge in [-0.25, -0.2) is 4.79 Å². The van der Waals surface area contributed by atoms with Crippen molar-refractivity contribution in [3.05, 3.63) is 41.1 Å². The first-order valence-corrected chi connectivity index (χ1v) is 12.5. The summed E-state index contributed by atoms with van der Waals surface area (Å²) in [6, 6.07) is 4.20. The van der Waals surface area contributed by atoms with Crippen molar-refractivity contribution >= 4 is 47.2 Å². The van der Waals surface area contributed by atoms with E-state index in [-0.39, 0.29) is 17.6 Å². The van der Waals surface area contributed by atoms with Gasteiger partial charge in [0.15, 0.2) is 6.61 Å². The second-order valence-electron chi connectivity index (χ2n) is 7.83. The first-order chi connectivity index (χ1) is 17.2. The van der Waals surface area contributed by atoms with Crippen molar-refractivity contribution in [2.75, 3.05) is 12.4 Å². The topological polar surface area (TPSA) is 220 Å². The lowest BCUT2D eigenvalue weighted by atomic mass is 10.0. The number of hydrogen-bond acceptors (Lipinski definition) is 11. The highest BCUT2D eigenvalue weighted by atomic mass is 32.2. The lowest BCUT2D eigenvalue weighted by molar-refractivity contribution is -0.150. The van der Waals surface area contributed by atoms with Crippen LogP contribution in [0.3, 0.4) is 0 Å². The van der Waals surface area contributed by atoms with E-state index in [0.717, 1.165) is 0 Å². The summed E-state index contributed by atoms with van der Waals surface area (Å²) >= 11 is 2.57. The largest absolute Gasteiger partial charge is 0.484 e. The number of nitrogens with one attached hydrogen (secondary N) is 2. The molecule has 7 N–H and O–H groups in total. The summed E-state index contributed by atoms with van der Waals surface area (Å²) in [6.45, 7) is 1.52. The Morgan fingerprint density at radius 3 is 2.69 bits per heavy atom. The van der Waals surface area contributed by atoms with Crippen LogP contribution in [0.1, 0.15) is 18.5 Å². The predicted molar refractivity (Wildman–Crippen MR) is 127 cm³/mol. The summed E-state index contributed by atoms with van der Waals surface area (Å²) in [5.74, 6) is -2.26. The molecule has 4 atom stereocenters. The summed E-state index contributed by atoms with van der Waals surface area (Å²) in [7, 11) is 0. The number of tetrazole rings is 1. The predicted octanol–water partition coefficient (Wildman–Crippen LogP) is -1.02. The fraction of sp³-hybridized carbons (Fsp3) is 0.350. The second kappa shape index (κ2) is 10.5. The zero-order valence-electron chi connectivity index (χ0n) is 18.8. The zero-order chi connectivity index (χ0) is 26.0. The van der Waals surface area contributed by atoms with Crippen LogP contribution in [0.25, 0.3) is 0 Å². The summed E-state index contributed by atoms with van der Waals surface area (Å²) in [5, 5.41) is 25.5. The molecule has 36 heavy (non-hydrogen) atoms. The Hall–Kier alpha value is -3.63. The monoisotopic (exact) mass is 534 g/mol. The number of fused-ring (bicyclic) bond motifs is 1. The summed E-state index contributed by atoms with van der Waals surface area (Å²) in [5.41, 5.74) is 12.0. The van der Waals surface area contributed by atoms with Gasteiger partial charge < -0.3 is 26.6 Å². The molecule has 0 bridgehead atoms. The number of aromatic amines is 1. The van der Waals surface area contributed by atoms with Gasteiger partial charge in [-0.05, 0) is 35.4 Å². The average Bonchev–Trinajstić information content (AvgIpc) is 3.37. The van der Waals surface area contributed by atoms with E-state index in [9.17, 15) is 24.3 Å². The molecule has 1 aromatic carbocycles. The number of benzene rings is 1. The van der Waals surface area contributed by atoms with Crippen molar-refractivity contribution in [1.29, 1.82) is 0 Å². The molecule has 0 radical (unpaired) electrons. The number of hydrogen-bond donors (Lipinski definition) is 5. The van der Waals surface area contributed by atoms with Crippen LogP contribution in [0.5, 0.6) is 5.75 Å². The highest BCUT2D eigenvalue weighted by molar-refractivity contribution is 8.01. The maximum absolute atomic E-state index is 12.9. The summed E-state index contributed by atoms with van der Waals surface area (Å²) in [6.07, 6.45) is 0. The van der Waals surface area contributed by atoms with Crippen molar-refractivity contribution in [1.82, 2.24) is 30.8 Å². The van der Waals surface area contributed by atoms with Crippen LogP contribution in [0.2, 0.25) is 0 Å². The smallest absolute Gasteiger partial charge is 0.352 e. The van der Waals surface area contributed by atoms with Gasteiger partial charge in [0.05, 0.1) is 0 Å². The average molecular weight is 535 g/mol. The molecule has 0 spiro atoms. The molecule has 0 aliphatic carbocycles. The maximum atomic E-state index is 12.9. The number of thioether (sulfide) groups is 2. The molecule has 16 heteroatoms. The third-order valence-electron chi connectivity index (χ3n) is 5.50. The number of rotatable bonds is 10. The van der Waals surface area contributed by atoms with Gasteiger partial charge in [-0.3, -0.25) is 19.3 Å². The van der Waals surface area contributed by atoms with Gasteiger partial charge in [0.1, 0.15) is 28.9 Å². The number of amides is 3. The Morgan fingerprint density at radius 2 is 2.08 bits per heavy atom. The van der Waals surface area contributed by atoms with Crippen LogP contribution in [0.4, 0.5) is 0 Å². The molecular formula is C20H22N8O6S2. The molecule has 2 aliphatic heterocycles. The third kappa shape index (κ3) is 5.14. The molecule has 3 amide bonds. The van der Waals surface area contributed by atoms with Crippen molar-refractivity contribution in [2.45, 2.75) is 34.8 Å². The Morgan fingerprint density at radius 1 is 1.36 bits per heavy atom. The van der Waals surface area contributed by atoms with Crippen LogP contribution in [0, 0.1) is 0 Å². The fourth-order valence-electron chi connectivity index (χ4n) is 3.71. The van der Waals surface area contributed by atoms with Crippen molar-refractivity contribution < 1.29 is 29.0 Å². The number of carbonyl (C=O) groups excluding carboxylic acids is 3. The van der Waals surface area contributed by atoms with E-state index >= 15 is 0 Å². The molecular weight excluding hydrogens is 512 g/mol. The zero-order valence-corrected chi connectivity index (χ0v) is 20.4. The van der Waals surface area contributed by atoms with Crippen LogP contribution in [0.15, 0.2) is 40.7 Å². The van der Waals surface area contributed by atoms with Crippen LogP contribution >= 0.6 is 23.5 Å². The molecule has 2 aromatic rings. The molecule has 4 rings (SSSR count). The molecule has 2 aliphatic rings. The molecule has 3 unspecified atom stereocenters. The maximum Gasteiger partial charge on any atom is 0.352 e. The Labute approximate surface area is 212 Å². The molecule has 1 fully saturated rings. The van der Waals surface area contributed by atoms with Gasteiger partial charge in [0, 0.05) is 11.0 Å². The number of nitrogens with zero attached hydrogens (tertiary/aromatic N) is 4. The molecule has 3 heterocycles. The third-order valence-corrected chi connectivity index (χ3v) is 7.82. The Kier molecular flexibility index (Phi) is 7.46. The van der Waals surface area contributed by atoms with Crippen molar-refractivity contribution in [3.63, 3.8) is 0 Å². The number of carboxylic acid groups (broad SMARTS) is 1. The van der Waals surface area contributed by atoms with E-state index in [2.05, 4.69) is 25.9 Å². The second-order valence-corrected chi connectivity index (χ2v) is 10.2. The van der Waals surface area contributed by atoms with Crippen LogP contribution < -0.4 is 21.5 Å². The highest BCUT2D eigenvalue weighted by Gasteiger charge is 2.54. The van der Waals surface area contributed by atoms with Gasteiger partial charge in [-0.15, -0.1) is 22.0 Å². The quantitative estimate of drug-likeness (QED) is 0.183. The van der Waals surface area contributed by atoms with Gasteiger partial charge in [0.2, 0.25) is 11.1 Å². The number of ether oxygens (including phenoxy) is 1. The molecule has 190 valence electrons. The van der Waals surface area contributed by atoms with Crippen LogP contribution in [-0.4, -0.2) is 83.3 Å². The minimum Gasteiger partial charge on any atom is -0.484 e. The number of aromatic nitrogens is 4. The van der Waals surface area contributed by atoms with Crippen molar-refractivity contribution in [2.24, 2.45) is 11.5 Å². The standard InChI is InChI=1S/C20H22N8O6S2/c1-8(36-20-24-26-27-25-20)11-7-35-18-14(17(31)28(18)15(11)19(32)33)23-16(30)13(22)9-2-4-10(5-3-9)34-6-12(21)29/h2-5,8,13-14,18H,6-7,22H2,1H3,(H2,21,29)(H,23,30)(H,32,33)(H,24,25,26,27)/t8?,13?,14?,18-/m0/s1.